The molecule has 3 rings (SSSR count). The Balaban J connectivity index is 1.52. The molecule has 2 amide bonds. The van der Waals surface area contributed by atoms with E-state index in [0.29, 0.717) is 15.1 Å². The minimum atomic E-state index is -0.628. The lowest BCUT2D eigenvalue weighted by Crippen LogP contribution is -2.22. The topological polar surface area (TPSA) is 98.5 Å². The van der Waals surface area contributed by atoms with Crippen LogP contribution in [0.3, 0.4) is 0 Å². The van der Waals surface area contributed by atoms with E-state index in [1.54, 1.807) is 17.5 Å². The molecule has 0 bridgehead atoms. The van der Waals surface area contributed by atoms with Crippen molar-refractivity contribution in [3.63, 3.8) is 0 Å². The fourth-order valence-electron chi connectivity index (χ4n) is 2.30. The zero-order valence-electron chi connectivity index (χ0n) is 13.6. The van der Waals surface area contributed by atoms with Gasteiger partial charge in [0.15, 0.2) is 6.61 Å². The zero-order valence-corrected chi connectivity index (χ0v) is 16.0. The number of thiophene rings is 1. The van der Waals surface area contributed by atoms with Gasteiger partial charge in [-0.2, -0.15) is 0 Å². The van der Waals surface area contributed by atoms with Gasteiger partial charge in [-0.15, -0.1) is 34.9 Å². The fraction of sp³-hybridized carbons (Fsp3) is 0.235. The van der Waals surface area contributed by atoms with Crippen molar-refractivity contribution in [3.8, 4) is 0 Å². The molecule has 1 aromatic carbocycles. The van der Waals surface area contributed by atoms with Gasteiger partial charge in [0.1, 0.15) is 5.00 Å². The molecular formula is C17H16N2O4S3. The van der Waals surface area contributed by atoms with E-state index in [1.807, 2.05) is 35.7 Å². The maximum atomic E-state index is 12.1. The van der Waals surface area contributed by atoms with Gasteiger partial charge in [0.2, 0.25) is 0 Å². The summed E-state index contributed by atoms with van der Waals surface area (Å²) in [5.41, 5.74) is 7.01. The van der Waals surface area contributed by atoms with E-state index < -0.39 is 24.4 Å². The number of carbonyl (C=O) groups is 3. The van der Waals surface area contributed by atoms with Crippen molar-refractivity contribution in [2.24, 2.45) is 5.73 Å². The number of hydrogen-bond donors (Lipinski definition) is 2. The molecule has 1 aliphatic heterocycles. The number of anilines is 1. The van der Waals surface area contributed by atoms with Gasteiger partial charge >= 0.3 is 5.97 Å². The average Bonchev–Trinajstić information content (AvgIpc) is 3.31. The predicted molar refractivity (Wildman–Crippen MR) is 106 cm³/mol. The summed E-state index contributed by atoms with van der Waals surface area (Å²) in [6, 6.07) is 8.77. The van der Waals surface area contributed by atoms with Gasteiger partial charge in [0.25, 0.3) is 11.8 Å². The van der Waals surface area contributed by atoms with Gasteiger partial charge in [0, 0.05) is 11.5 Å². The van der Waals surface area contributed by atoms with E-state index in [-0.39, 0.29) is 5.56 Å². The van der Waals surface area contributed by atoms with Crippen LogP contribution in [0.1, 0.15) is 30.9 Å². The maximum Gasteiger partial charge on any atom is 0.338 e. The minimum Gasteiger partial charge on any atom is -0.452 e. The summed E-state index contributed by atoms with van der Waals surface area (Å²) in [5, 5.41) is 4.51. The van der Waals surface area contributed by atoms with E-state index in [0.717, 1.165) is 11.5 Å². The standard InChI is InChI=1S/C17H16N2O4S3/c18-14(21)12-5-6-24-15(12)19-13(20)9-23-16(22)10-1-3-11(4-2-10)17-25-7-8-26-17/h1-6,17H,7-9H2,(H2,18,21)(H,19,20). The smallest absolute Gasteiger partial charge is 0.338 e. The Hall–Kier alpha value is -1.97. The maximum absolute atomic E-state index is 12.1. The molecular weight excluding hydrogens is 392 g/mol. The molecule has 1 fully saturated rings. The molecule has 0 unspecified atom stereocenters. The molecule has 26 heavy (non-hydrogen) atoms. The van der Waals surface area contributed by atoms with Crippen LogP contribution in [-0.2, 0) is 9.53 Å². The number of amides is 2. The molecule has 2 heterocycles. The number of thioether (sulfide) groups is 2. The Morgan fingerprint density at radius 2 is 1.81 bits per heavy atom. The first-order valence-corrected chi connectivity index (χ1v) is 10.7. The van der Waals surface area contributed by atoms with Crippen molar-refractivity contribution in [1.82, 2.24) is 0 Å². The molecule has 2 aromatic rings. The van der Waals surface area contributed by atoms with E-state index in [9.17, 15) is 14.4 Å². The quantitative estimate of drug-likeness (QED) is 0.713. The summed E-state index contributed by atoms with van der Waals surface area (Å²) < 4.78 is 5.44. The third-order valence-electron chi connectivity index (χ3n) is 3.56. The number of primary amides is 1. The summed E-state index contributed by atoms with van der Waals surface area (Å²) in [4.78, 5) is 35.2. The summed E-state index contributed by atoms with van der Waals surface area (Å²) in [6.45, 7) is -0.439. The van der Waals surface area contributed by atoms with Crippen molar-refractivity contribution >= 4 is 57.6 Å². The monoisotopic (exact) mass is 408 g/mol. The Morgan fingerprint density at radius 3 is 2.46 bits per heavy atom. The first-order valence-electron chi connectivity index (χ1n) is 7.72. The molecule has 6 nitrogen and oxygen atoms in total. The fourth-order valence-corrected chi connectivity index (χ4v) is 5.97. The molecule has 1 aliphatic rings. The Bertz CT molecular complexity index is 814. The average molecular weight is 409 g/mol. The zero-order chi connectivity index (χ0) is 18.5. The summed E-state index contributed by atoms with van der Waals surface area (Å²) in [7, 11) is 0. The first-order chi connectivity index (χ1) is 12.5. The van der Waals surface area contributed by atoms with Gasteiger partial charge < -0.3 is 15.8 Å². The van der Waals surface area contributed by atoms with Crippen molar-refractivity contribution in [2.45, 2.75) is 4.58 Å². The summed E-state index contributed by atoms with van der Waals surface area (Å²) in [5.74, 6) is 0.543. The second kappa shape index (κ2) is 8.61. The van der Waals surface area contributed by atoms with Crippen molar-refractivity contribution < 1.29 is 19.1 Å². The predicted octanol–water partition coefficient (Wildman–Crippen LogP) is 3.12. The number of nitrogens with one attached hydrogen (secondary N) is 1. The number of esters is 1. The lowest BCUT2D eigenvalue weighted by atomic mass is 10.1. The van der Waals surface area contributed by atoms with Crippen LogP contribution in [0, 0.1) is 0 Å². The largest absolute Gasteiger partial charge is 0.452 e. The van der Waals surface area contributed by atoms with Gasteiger partial charge in [-0.1, -0.05) is 12.1 Å². The molecule has 3 N–H and O–H groups in total. The number of carbonyl (C=O) groups excluding carboxylic acids is 3. The first kappa shape index (κ1) is 18.8. The van der Waals surface area contributed by atoms with Crippen molar-refractivity contribution in [1.29, 1.82) is 0 Å². The molecule has 9 heteroatoms. The molecule has 0 radical (unpaired) electrons. The lowest BCUT2D eigenvalue weighted by Gasteiger charge is -2.09. The molecule has 1 aromatic heterocycles. The number of benzene rings is 1. The van der Waals surface area contributed by atoms with Gasteiger partial charge in [0.05, 0.1) is 15.7 Å². The van der Waals surface area contributed by atoms with Crippen LogP contribution in [0.25, 0.3) is 0 Å². The van der Waals surface area contributed by atoms with Crippen LogP contribution in [-0.4, -0.2) is 35.9 Å². The van der Waals surface area contributed by atoms with Crippen molar-refractivity contribution in [3.05, 3.63) is 52.4 Å². The highest BCUT2D eigenvalue weighted by Gasteiger charge is 2.19. The van der Waals surface area contributed by atoms with Gasteiger partial charge in [-0.3, -0.25) is 9.59 Å². The summed E-state index contributed by atoms with van der Waals surface area (Å²) in [6.07, 6.45) is 0. The van der Waals surface area contributed by atoms with Crippen molar-refractivity contribution in [2.75, 3.05) is 23.4 Å². The number of nitrogens with two attached hydrogens (primary N) is 1. The van der Waals surface area contributed by atoms with E-state index in [1.165, 1.54) is 23.0 Å². The van der Waals surface area contributed by atoms with Crippen LogP contribution in [0.5, 0.6) is 0 Å². The molecule has 0 aliphatic carbocycles. The van der Waals surface area contributed by atoms with Crippen LogP contribution in [0.4, 0.5) is 5.00 Å². The van der Waals surface area contributed by atoms with E-state index in [4.69, 9.17) is 10.5 Å². The molecule has 1 saturated heterocycles. The Morgan fingerprint density at radius 1 is 1.12 bits per heavy atom. The van der Waals surface area contributed by atoms with Crippen LogP contribution in [0.2, 0.25) is 0 Å². The third-order valence-corrected chi connectivity index (χ3v) is 7.49. The van der Waals surface area contributed by atoms with Crippen LogP contribution in [0.15, 0.2) is 35.7 Å². The number of rotatable bonds is 6. The summed E-state index contributed by atoms with van der Waals surface area (Å²) >= 11 is 4.95. The number of ether oxygens (including phenoxy) is 1. The lowest BCUT2D eigenvalue weighted by molar-refractivity contribution is -0.119. The third kappa shape index (κ3) is 4.60. The SMILES string of the molecule is NC(=O)c1ccsc1NC(=O)COC(=O)c1ccc(C2SCCS2)cc1. The highest BCUT2D eigenvalue weighted by Crippen LogP contribution is 2.45. The highest BCUT2D eigenvalue weighted by atomic mass is 32.2. The normalized spacial score (nSPS) is 14.2. The highest BCUT2D eigenvalue weighted by molar-refractivity contribution is 8.19. The molecule has 136 valence electrons. The van der Waals surface area contributed by atoms with E-state index >= 15 is 0 Å². The second-order valence-electron chi connectivity index (χ2n) is 5.35. The van der Waals surface area contributed by atoms with Gasteiger partial charge in [-0.25, -0.2) is 4.79 Å². The molecule has 0 spiro atoms. The Labute approximate surface area is 162 Å². The van der Waals surface area contributed by atoms with Crippen LogP contribution >= 0.6 is 34.9 Å². The molecule has 0 atom stereocenters. The molecule has 0 saturated carbocycles. The minimum absolute atomic E-state index is 0.230. The van der Waals surface area contributed by atoms with Crippen LogP contribution < -0.4 is 11.1 Å². The second-order valence-corrected chi connectivity index (χ2v) is 8.99. The van der Waals surface area contributed by atoms with Gasteiger partial charge in [-0.05, 0) is 29.1 Å². The van der Waals surface area contributed by atoms with E-state index in [2.05, 4.69) is 5.32 Å². The number of hydrogen-bond acceptors (Lipinski definition) is 7. The Kier molecular flexibility index (Phi) is 6.23.